The molecule has 0 saturated carbocycles. The molecule has 30 heavy (non-hydrogen) atoms. The number of aromatic nitrogens is 3. The van der Waals surface area contributed by atoms with Crippen LogP contribution in [0.15, 0.2) is 42.6 Å². The zero-order chi connectivity index (χ0) is 21.3. The van der Waals surface area contributed by atoms with Crippen LogP contribution in [0.1, 0.15) is 30.4 Å². The maximum Gasteiger partial charge on any atom is 0.237 e. The number of aromatic amines is 1. The number of nitrogens with zero attached hydrogens (tertiary/aromatic N) is 3. The molecular formula is C21H23ClN6O2. The van der Waals surface area contributed by atoms with E-state index in [9.17, 15) is 9.59 Å². The fourth-order valence-corrected chi connectivity index (χ4v) is 4.21. The molecule has 3 heterocycles. The molecule has 2 amide bonds. The molecule has 4 N–H and O–H groups in total. The summed E-state index contributed by atoms with van der Waals surface area (Å²) in [6, 6.07) is 10.9. The van der Waals surface area contributed by atoms with Gasteiger partial charge in [0.15, 0.2) is 5.65 Å². The van der Waals surface area contributed by atoms with Crippen LogP contribution in [0.3, 0.4) is 0 Å². The summed E-state index contributed by atoms with van der Waals surface area (Å²) in [6.45, 7) is 2.70. The first kappa shape index (κ1) is 20.3. The number of nitrogens with two attached hydrogens (primary N) is 1. The third-order valence-corrected chi connectivity index (χ3v) is 5.99. The Bertz CT molecular complexity index is 1070. The molecule has 1 saturated heterocycles. The van der Waals surface area contributed by atoms with E-state index in [2.05, 4.69) is 20.5 Å². The number of hydrogen-bond donors (Lipinski definition) is 3. The minimum absolute atomic E-state index is 0.161. The van der Waals surface area contributed by atoms with Gasteiger partial charge in [-0.15, -0.1) is 0 Å². The molecule has 1 aliphatic rings. The maximum atomic E-state index is 12.8. The molecule has 0 bridgehead atoms. The lowest BCUT2D eigenvalue weighted by molar-refractivity contribution is -0.129. The summed E-state index contributed by atoms with van der Waals surface area (Å²) in [7, 11) is 0. The molecule has 3 atom stereocenters. The highest BCUT2D eigenvalue weighted by Crippen LogP contribution is 2.33. The number of fused-ring (bicyclic) bond motifs is 1. The van der Waals surface area contributed by atoms with Gasteiger partial charge in [-0.1, -0.05) is 41.9 Å². The van der Waals surface area contributed by atoms with Crippen LogP contribution < -0.4 is 11.1 Å². The predicted octanol–water partition coefficient (Wildman–Crippen LogP) is 1.96. The van der Waals surface area contributed by atoms with Crippen molar-refractivity contribution in [1.82, 2.24) is 25.4 Å². The highest BCUT2D eigenvalue weighted by molar-refractivity contribution is 6.34. The van der Waals surface area contributed by atoms with Crippen LogP contribution in [0, 0.1) is 0 Å². The molecule has 8 nitrogen and oxygen atoms in total. The van der Waals surface area contributed by atoms with Gasteiger partial charge in [-0.25, -0.2) is 4.98 Å². The Balaban J connectivity index is 1.43. The smallest absolute Gasteiger partial charge is 0.237 e. The number of hydrogen-bond acceptors (Lipinski definition) is 5. The van der Waals surface area contributed by atoms with Gasteiger partial charge in [-0.05, 0) is 36.5 Å². The summed E-state index contributed by atoms with van der Waals surface area (Å²) in [5.74, 6) is -0.417. The molecule has 156 valence electrons. The van der Waals surface area contributed by atoms with Crippen molar-refractivity contribution in [3.8, 4) is 0 Å². The van der Waals surface area contributed by atoms with Crippen molar-refractivity contribution in [2.24, 2.45) is 5.73 Å². The van der Waals surface area contributed by atoms with Gasteiger partial charge in [0.2, 0.25) is 11.8 Å². The highest BCUT2D eigenvalue weighted by atomic mass is 35.5. The van der Waals surface area contributed by atoms with Crippen molar-refractivity contribution in [2.45, 2.75) is 37.9 Å². The number of amides is 2. The van der Waals surface area contributed by atoms with Crippen LogP contribution in [0.4, 0.5) is 0 Å². The van der Waals surface area contributed by atoms with E-state index in [0.717, 1.165) is 11.1 Å². The number of nitrogens with one attached hydrogen (secondary N) is 2. The molecular weight excluding hydrogens is 404 g/mol. The highest BCUT2D eigenvalue weighted by Gasteiger charge is 2.40. The number of carbonyl (C=O) groups excluding carboxylic acids is 2. The van der Waals surface area contributed by atoms with E-state index in [1.807, 2.05) is 41.3 Å². The standard InChI is InChI=1S/C21H23ClN6O2/c1-12(21(30)25-10-13-7-16-18(22)26-27-20(16)24-9-13)28-11-15(8-17(28)19(23)29)14-5-3-2-4-6-14/h2-7,9,12,15,17H,8,10-11H2,1H3,(H2,23,29)(H,25,30)(H,24,26,27)/t12-,15?,17?/m0/s1. The third kappa shape index (κ3) is 4.01. The first-order valence-electron chi connectivity index (χ1n) is 9.80. The van der Waals surface area contributed by atoms with Gasteiger partial charge >= 0.3 is 0 Å². The molecule has 1 fully saturated rings. The van der Waals surface area contributed by atoms with Gasteiger partial charge in [-0.2, -0.15) is 5.10 Å². The number of halogens is 1. The average molecular weight is 427 g/mol. The van der Waals surface area contributed by atoms with Crippen molar-refractivity contribution in [3.63, 3.8) is 0 Å². The number of primary amides is 1. The molecule has 2 aromatic heterocycles. The van der Waals surface area contributed by atoms with Crippen LogP contribution in [-0.2, 0) is 16.1 Å². The zero-order valence-electron chi connectivity index (χ0n) is 16.5. The second-order valence-corrected chi connectivity index (χ2v) is 7.98. The molecule has 9 heteroatoms. The van der Waals surface area contributed by atoms with Gasteiger partial charge in [0.1, 0.15) is 5.15 Å². The fraction of sp³-hybridized carbons (Fsp3) is 0.333. The maximum absolute atomic E-state index is 12.8. The van der Waals surface area contributed by atoms with Crippen molar-refractivity contribution in [1.29, 1.82) is 0 Å². The number of likely N-dealkylation sites (tertiary alicyclic amines) is 1. The summed E-state index contributed by atoms with van der Waals surface area (Å²) >= 11 is 6.06. The van der Waals surface area contributed by atoms with Crippen LogP contribution >= 0.6 is 11.6 Å². The van der Waals surface area contributed by atoms with E-state index >= 15 is 0 Å². The van der Waals surface area contributed by atoms with Gasteiger partial charge in [-0.3, -0.25) is 19.6 Å². The largest absolute Gasteiger partial charge is 0.368 e. The van der Waals surface area contributed by atoms with E-state index in [1.165, 1.54) is 0 Å². The Hall–Kier alpha value is -2.97. The molecule has 0 radical (unpaired) electrons. The molecule has 3 aromatic rings. The first-order valence-corrected chi connectivity index (χ1v) is 10.2. The van der Waals surface area contributed by atoms with Crippen molar-refractivity contribution < 1.29 is 9.59 Å². The van der Waals surface area contributed by atoms with E-state index < -0.39 is 18.0 Å². The van der Waals surface area contributed by atoms with E-state index in [1.54, 1.807) is 13.1 Å². The lowest BCUT2D eigenvalue weighted by Crippen LogP contribution is -2.51. The van der Waals surface area contributed by atoms with Crippen molar-refractivity contribution >= 4 is 34.4 Å². The summed E-state index contributed by atoms with van der Waals surface area (Å²) < 4.78 is 0. The molecule has 2 unspecified atom stereocenters. The van der Waals surface area contributed by atoms with Gasteiger partial charge in [0.25, 0.3) is 0 Å². The van der Waals surface area contributed by atoms with E-state index in [4.69, 9.17) is 17.3 Å². The molecule has 1 aromatic carbocycles. The van der Waals surface area contributed by atoms with Crippen LogP contribution in [0.5, 0.6) is 0 Å². The fourth-order valence-electron chi connectivity index (χ4n) is 4.03. The van der Waals surface area contributed by atoms with E-state index in [0.29, 0.717) is 35.7 Å². The van der Waals surface area contributed by atoms with Gasteiger partial charge in [0.05, 0.1) is 17.5 Å². The minimum Gasteiger partial charge on any atom is -0.368 e. The van der Waals surface area contributed by atoms with E-state index in [-0.39, 0.29) is 11.8 Å². The number of carbonyl (C=O) groups is 2. The van der Waals surface area contributed by atoms with Crippen molar-refractivity contribution in [2.75, 3.05) is 6.54 Å². The Morgan fingerprint density at radius 3 is 2.87 bits per heavy atom. The third-order valence-electron chi connectivity index (χ3n) is 5.70. The molecule has 0 aliphatic carbocycles. The number of benzene rings is 1. The minimum atomic E-state index is -0.495. The van der Waals surface area contributed by atoms with Gasteiger partial charge < -0.3 is 11.1 Å². The van der Waals surface area contributed by atoms with Crippen LogP contribution in [-0.4, -0.2) is 50.5 Å². The summed E-state index contributed by atoms with van der Waals surface area (Å²) in [5.41, 5.74) is 8.13. The molecule has 0 spiro atoms. The Labute approximate surface area is 178 Å². The monoisotopic (exact) mass is 426 g/mol. The quantitative estimate of drug-likeness (QED) is 0.557. The second kappa shape index (κ2) is 8.41. The number of pyridine rings is 1. The average Bonchev–Trinajstić information content (AvgIpc) is 3.36. The Morgan fingerprint density at radius 1 is 1.37 bits per heavy atom. The molecule has 4 rings (SSSR count). The SMILES string of the molecule is C[C@@H](C(=O)NCc1cnc2n[nH]c(Cl)c2c1)N1CC(c2ccccc2)CC1C(N)=O. The predicted molar refractivity (Wildman–Crippen MR) is 114 cm³/mol. The lowest BCUT2D eigenvalue weighted by atomic mass is 9.96. The summed E-state index contributed by atoms with van der Waals surface area (Å²) in [4.78, 5) is 31.0. The topological polar surface area (TPSA) is 117 Å². The normalized spacial score (nSPS) is 20.3. The number of rotatable bonds is 6. The van der Waals surface area contributed by atoms with Gasteiger partial charge in [0, 0.05) is 19.3 Å². The summed E-state index contributed by atoms with van der Waals surface area (Å²) in [5, 5.41) is 10.7. The number of H-pyrrole nitrogens is 1. The van der Waals surface area contributed by atoms with Crippen LogP contribution in [0.2, 0.25) is 5.15 Å². The Morgan fingerprint density at radius 2 is 2.13 bits per heavy atom. The van der Waals surface area contributed by atoms with Crippen molar-refractivity contribution in [3.05, 3.63) is 58.9 Å². The first-order chi connectivity index (χ1) is 14.4. The lowest BCUT2D eigenvalue weighted by Gasteiger charge is -2.28. The Kier molecular flexibility index (Phi) is 5.69. The van der Waals surface area contributed by atoms with Crippen LogP contribution in [0.25, 0.3) is 11.0 Å². The summed E-state index contributed by atoms with van der Waals surface area (Å²) in [6.07, 6.45) is 2.26. The zero-order valence-corrected chi connectivity index (χ0v) is 17.3. The second-order valence-electron chi connectivity index (χ2n) is 7.60. The molecule has 1 aliphatic heterocycles.